The summed E-state index contributed by atoms with van der Waals surface area (Å²) < 4.78 is 1.86. The molecule has 1 aliphatic heterocycles. The van der Waals surface area contributed by atoms with Crippen LogP contribution in [-0.2, 0) is 13.6 Å². The molecule has 2 aromatic rings. The number of fused-ring (bicyclic) bond motifs is 1. The Hall–Kier alpha value is -2.56. The molecular formula is C18H22N4O. The van der Waals surface area contributed by atoms with Crippen LogP contribution in [0.1, 0.15) is 21.7 Å². The topological polar surface area (TPSA) is 41.4 Å². The lowest BCUT2D eigenvalue weighted by Crippen LogP contribution is -2.36. The summed E-state index contributed by atoms with van der Waals surface area (Å²) in [6, 6.07) is 7.84. The fourth-order valence-corrected chi connectivity index (χ4v) is 2.95. The SMILES string of the molecule is C=CCN1CCN(C(=O)c2cccn2C)Cc2ccc(C)nc21. The first-order chi connectivity index (χ1) is 11.1. The van der Waals surface area contributed by atoms with Crippen LogP contribution < -0.4 is 4.90 Å². The second kappa shape index (κ2) is 6.28. The smallest absolute Gasteiger partial charge is 0.270 e. The Morgan fingerprint density at radius 1 is 1.35 bits per heavy atom. The summed E-state index contributed by atoms with van der Waals surface area (Å²) >= 11 is 0. The summed E-state index contributed by atoms with van der Waals surface area (Å²) in [6.07, 6.45) is 3.77. The van der Waals surface area contributed by atoms with E-state index < -0.39 is 0 Å². The van der Waals surface area contributed by atoms with Gasteiger partial charge >= 0.3 is 0 Å². The minimum Gasteiger partial charge on any atom is -0.351 e. The molecule has 0 fully saturated rings. The largest absolute Gasteiger partial charge is 0.351 e. The van der Waals surface area contributed by atoms with Gasteiger partial charge in [0.1, 0.15) is 11.5 Å². The number of nitrogens with zero attached hydrogens (tertiary/aromatic N) is 4. The maximum Gasteiger partial charge on any atom is 0.270 e. The number of aryl methyl sites for hydroxylation is 2. The summed E-state index contributed by atoms with van der Waals surface area (Å²) in [4.78, 5) is 21.6. The van der Waals surface area contributed by atoms with Crippen LogP contribution in [0.2, 0.25) is 0 Å². The third-order valence-corrected chi connectivity index (χ3v) is 4.20. The van der Waals surface area contributed by atoms with Crippen LogP contribution in [0.5, 0.6) is 0 Å². The molecule has 2 aromatic heterocycles. The predicted molar refractivity (Wildman–Crippen MR) is 91.5 cm³/mol. The zero-order chi connectivity index (χ0) is 16.4. The minimum atomic E-state index is 0.0597. The number of pyridine rings is 1. The van der Waals surface area contributed by atoms with E-state index in [0.29, 0.717) is 18.8 Å². The van der Waals surface area contributed by atoms with Gasteiger partial charge in [0.25, 0.3) is 5.91 Å². The van der Waals surface area contributed by atoms with Crippen molar-refractivity contribution in [3.8, 4) is 0 Å². The van der Waals surface area contributed by atoms with Gasteiger partial charge in [0, 0.05) is 50.7 Å². The van der Waals surface area contributed by atoms with E-state index >= 15 is 0 Å². The normalized spacial score (nSPS) is 14.3. The molecule has 120 valence electrons. The van der Waals surface area contributed by atoms with E-state index in [1.54, 1.807) is 0 Å². The zero-order valence-corrected chi connectivity index (χ0v) is 13.7. The van der Waals surface area contributed by atoms with Crippen LogP contribution in [0.15, 0.2) is 43.1 Å². The van der Waals surface area contributed by atoms with Crippen LogP contribution in [-0.4, -0.2) is 40.0 Å². The van der Waals surface area contributed by atoms with E-state index in [2.05, 4.69) is 22.5 Å². The van der Waals surface area contributed by atoms with Crippen molar-refractivity contribution in [3.63, 3.8) is 0 Å². The van der Waals surface area contributed by atoms with Crippen molar-refractivity contribution in [1.82, 2.24) is 14.5 Å². The van der Waals surface area contributed by atoms with Gasteiger partial charge in [0.2, 0.25) is 0 Å². The lowest BCUT2D eigenvalue weighted by atomic mass is 10.2. The second-order valence-electron chi connectivity index (χ2n) is 5.90. The Balaban J connectivity index is 1.93. The van der Waals surface area contributed by atoms with Crippen molar-refractivity contribution in [2.24, 2.45) is 7.05 Å². The van der Waals surface area contributed by atoms with Gasteiger partial charge in [-0.15, -0.1) is 6.58 Å². The lowest BCUT2D eigenvalue weighted by molar-refractivity contribution is 0.0742. The molecule has 3 heterocycles. The van der Waals surface area contributed by atoms with Crippen molar-refractivity contribution >= 4 is 11.7 Å². The van der Waals surface area contributed by atoms with Gasteiger partial charge < -0.3 is 14.4 Å². The van der Waals surface area contributed by atoms with Crippen LogP contribution in [0.3, 0.4) is 0 Å². The van der Waals surface area contributed by atoms with E-state index in [-0.39, 0.29) is 5.91 Å². The minimum absolute atomic E-state index is 0.0597. The first-order valence-corrected chi connectivity index (χ1v) is 7.83. The molecule has 0 radical (unpaired) electrons. The summed E-state index contributed by atoms with van der Waals surface area (Å²) in [7, 11) is 1.90. The highest BCUT2D eigenvalue weighted by Gasteiger charge is 2.25. The fourth-order valence-electron chi connectivity index (χ4n) is 2.95. The van der Waals surface area contributed by atoms with Gasteiger partial charge in [-0.25, -0.2) is 4.98 Å². The molecule has 0 aliphatic carbocycles. The Kier molecular flexibility index (Phi) is 4.19. The van der Waals surface area contributed by atoms with E-state index in [0.717, 1.165) is 30.2 Å². The van der Waals surface area contributed by atoms with Gasteiger partial charge in [-0.05, 0) is 25.1 Å². The standard InChI is InChI=1S/C18H22N4O/c1-4-9-21-11-12-22(18(23)16-6-5-10-20(16)3)13-15-8-7-14(2)19-17(15)21/h4-8,10H,1,9,11-13H2,2-3H3. The van der Waals surface area contributed by atoms with E-state index in [4.69, 9.17) is 0 Å². The molecule has 0 aromatic carbocycles. The van der Waals surface area contributed by atoms with Crippen molar-refractivity contribution in [2.45, 2.75) is 13.5 Å². The lowest BCUT2D eigenvalue weighted by Gasteiger charge is -2.22. The number of carbonyl (C=O) groups excluding carboxylic acids is 1. The van der Waals surface area contributed by atoms with Gasteiger partial charge in [0.05, 0.1) is 0 Å². The third kappa shape index (κ3) is 2.99. The molecule has 0 saturated carbocycles. The number of rotatable bonds is 3. The van der Waals surface area contributed by atoms with Crippen LogP contribution in [0, 0.1) is 6.92 Å². The van der Waals surface area contributed by atoms with Crippen LogP contribution in [0.4, 0.5) is 5.82 Å². The highest BCUT2D eigenvalue weighted by Crippen LogP contribution is 2.24. The first-order valence-electron chi connectivity index (χ1n) is 7.83. The molecule has 0 saturated heterocycles. The summed E-state index contributed by atoms with van der Waals surface area (Å²) in [5, 5.41) is 0. The molecule has 1 aliphatic rings. The second-order valence-corrected chi connectivity index (χ2v) is 5.90. The molecule has 23 heavy (non-hydrogen) atoms. The summed E-state index contributed by atoms with van der Waals surface area (Å²) in [5.74, 6) is 1.02. The van der Waals surface area contributed by atoms with Gasteiger partial charge in [-0.3, -0.25) is 4.79 Å². The Labute approximate surface area is 136 Å². The molecule has 5 nitrogen and oxygen atoms in total. The zero-order valence-electron chi connectivity index (χ0n) is 13.7. The molecule has 0 N–H and O–H groups in total. The molecule has 0 atom stereocenters. The maximum atomic E-state index is 12.8. The number of aromatic nitrogens is 2. The van der Waals surface area contributed by atoms with Gasteiger partial charge in [-0.1, -0.05) is 12.1 Å². The molecule has 5 heteroatoms. The van der Waals surface area contributed by atoms with Gasteiger partial charge in [-0.2, -0.15) is 0 Å². The number of amides is 1. The van der Waals surface area contributed by atoms with Crippen molar-refractivity contribution < 1.29 is 4.79 Å². The number of hydrogen-bond donors (Lipinski definition) is 0. The third-order valence-electron chi connectivity index (χ3n) is 4.20. The highest BCUT2D eigenvalue weighted by atomic mass is 16.2. The first kappa shape index (κ1) is 15.3. The summed E-state index contributed by atoms with van der Waals surface area (Å²) in [6.45, 7) is 8.57. The Bertz CT molecular complexity index is 734. The summed E-state index contributed by atoms with van der Waals surface area (Å²) in [5.41, 5.74) is 2.78. The van der Waals surface area contributed by atoms with Crippen LogP contribution in [0.25, 0.3) is 0 Å². The molecule has 0 spiro atoms. The average Bonchev–Trinajstić information content (AvgIpc) is 2.88. The monoisotopic (exact) mass is 310 g/mol. The predicted octanol–water partition coefficient (Wildman–Crippen LogP) is 2.38. The molecule has 3 rings (SSSR count). The molecular weight excluding hydrogens is 288 g/mol. The Morgan fingerprint density at radius 3 is 2.87 bits per heavy atom. The van der Waals surface area contributed by atoms with Crippen LogP contribution >= 0.6 is 0 Å². The Morgan fingerprint density at radius 2 is 2.17 bits per heavy atom. The van der Waals surface area contributed by atoms with Crippen molar-refractivity contribution in [3.05, 3.63) is 60.1 Å². The average molecular weight is 310 g/mol. The molecule has 1 amide bonds. The van der Waals surface area contributed by atoms with E-state index in [1.807, 2.05) is 53.9 Å². The van der Waals surface area contributed by atoms with E-state index in [1.165, 1.54) is 0 Å². The maximum absolute atomic E-state index is 12.8. The van der Waals surface area contributed by atoms with E-state index in [9.17, 15) is 4.79 Å². The fraction of sp³-hybridized carbons (Fsp3) is 0.333. The molecule has 0 bridgehead atoms. The van der Waals surface area contributed by atoms with Crippen molar-refractivity contribution in [1.29, 1.82) is 0 Å². The van der Waals surface area contributed by atoms with Crippen molar-refractivity contribution in [2.75, 3.05) is 24.5 Å². The number of carbonyl (C=O) groups is 1. The quantitative estimate of drug-likeness (QED) is 0.817. The van der Waals surface area contributed by atoms with Gasteiger partial charge in [0.15, 0.2) is 0 Å². The number of hydrogen-bond acceptors (Lipinski definition) is 3. The number of anilines is 1. The highest BCUT2D eigenvalue weighted by molar-refractivity contribution is 5.93. The molecule has 0 unspecified atom stereocenters.